The Morgan fingerprint density at radius 3 is 2.19 bits per heavy atom. The number of hydrogen-bond donors (Lipinski definition) is 1. The Bertz CT molecular complexity index is 412. The molecule has 1 atom stereocenters. The van der Waals surface area contributed by atoms with Crippen molar-refractivity contribution < 1.29 is 9.90 Å². The van der Waals surface area contributed by atoms with Gasteiger partial charge in [-0.25, -0.2) is 4.79 Å². The number of rotatable bonds is 3. The van der Waals surface area contributed by atoms with Gasteiger partial charge < -0.3 is 5.11 Å². The number of benzene rings is 1. The first kappa shape index (κ1) is 12.7. The van der Waals surface area contributed by atoms with Gasteiger partial charge in [-0.15, -0.1) is 0 Å². The summed E-state index contributed by atoms with van der Waals surface area (Å²) in [6.07, 6.45) is 0. The molecule has 3 nitrogen and oxygen atoms in total. The summed E-state index contributed by atoms with van der Waals surface area (Å²) >= 11 is 0. The van der Waals surface area contributed by atoms with Gasteiger partial charge in [0, 0.05) is 0 Å². The van der Waals surface area contributed by atoms with Crippen molar-refractivity contribution in [3.8, 4) is 0 Å². The highest BCUT2D eigenvalue weighted by Crippen LogP contribution is 2.27. The summed E-state index contributed by atoms with van der Waals surface area (Å²) in [4.78, 5) is 13.1. The summed E-state index contributed by atoms with van der Waals surface area (Å²) < 4.78 is 0. The van der Waals surface area contributed by atoms with Crippen LogP contribution in [-0.4, -0.2) is 30.1 Å². The summed E-state index contributed by atoms with van der Waals surface area (Å²) in [7, 11) is 3.56. The zero-order valence-electron chi connectivity index (χ0n) is 10.5. The molecule has 0 bridgehead atoms. The van der Waals surface area contributed by atoms with E-state index in [-0.39, 0.29) is 0 Å². The van der Waals surface area contributed by atoms with Crippen molar-refractivity contribution in [3.05, 3.63) is 34.9 Å². The number of hydrogen-bond acceptors (Lipinski definition) is 2. The Balaban J connectivity index is 3.33. The normalized spacial score (nSPS) is 14.9. The molecule has 0 saturated heterocycles. The minimum atomic E-state index is -0.974. The summed E-state index contributed by atoms with van der Waals surface area (Å²) in [6, 6.07) is 5.80. The van der Waals surface area contributed by atoms with Gasteiger partial charge >= 0.3 is 5.97 Å². The van der Waals surface area contributed by atoms with E-state index in [1.54, 1.807) is 25.9 Å². The number of aryl methyl sites for hydroxylation is 2. The highest BCUT2D eigenvalue weighted by atomic mass is 16.4. The van der Waals surface area contributed by atoms with E-state index in [2.05, 4.69) is 0 Å². The van der Waals surface area contributed by atoms with Crippen LogP contribution in [0.15, 0.2) is 18.2 Å². The Morgan fingerprint density at radius 2 is 1.81 bits per heavy atom. The lowest BCUT2D eigenvalue weighted by Gasteiger charge is -2.32. The molecular formula is C13H19NO2. The Kier molecular flexibility index (Phi) is 3.38. The summed E-state index contributed by atoms with van der Waals surface area (Å²) in [5.41, 5.74) is 2.13. The fourth-order valence-corrected chi connectivity index (χ4v) is 1.62. The number of nitrogens with zero attached hydrogens (tertiary/aromatic N) is 1. The van der Waals surface area contributed by atoms with Crippen molar-refractivity contribution in [1.82, 2.24) is 4.90 Å². The van der Waals surface area contributed by atoms with Crippen LogP contribution in [0, 0.1) is 13.8 Å². The molecule has 1 aromatic rings. The second-order valence-corrected chi connectivity index (χ2v) is 4.57. The number of carboxylic acids is 1. The van der Waals surface area contributed by atoms with Gasteiger partial charge in [0.1, 0.15) is 5.54 Å². The molecule has 1 aromatic carbocycles. The highest BCUT2D eigenvalue weighted by molar-refractivity contribution is 5.80. The molecule has 0 aromatic heterocycles. The van der Waals surface area contributed by atoms with E-state index in [1.165, 1.54) is 5.56 Å². The van der Waals surface area contributed by atoms with E-state index in [0.29, 0.717) is 0 Å². The third kappa shape index (κ3) is 1.95. The molecule has 0 spiro atoms. The first-order valence-corrected chi connectivity index (χ1v) is 5.28. The van der Waals surface area contributed by atoms with Gasteiger partial charge in [0.05, 0.1) is 0 Å². The fraction of sp³-hybridized carbons (Fsp3) is 0.462. The smallest absolute Gasteiger partial charge is 0.328 e. The lowest BCUT2D eigenvalue weighted by Crippen LogP contribution is -2.45. The van der Waals surface area contributed by atoms with E-state index in [1.807, 2.05) is 32.0 Å². The highest BCUT2D eigenvalue weighted by Gasteiger charge is 2.37. The Labute approximate surface area is 96.7 Å². The maximum atomic E-state index is 11.4. The Hall–Kier alpha value is -1.35. The van der Waals surface area contributed by atoms with E-state index < -0.39 is 11.5 Å². The van der Waals surface area contributed by atoms with E-state index >= 15 is 0 Å². The van der Waals surface area contributed by atoms with Crippen LogP contribution in [0.2, 0.25) is 0 Å². The zero-order chi connectivity index (χ0) is 12.5. The van der Waals surface area contributed by atoms with Crippen molar-refractivity contribution in [2.75, 3.05) is 14.1 Å². The van der Waals surface area contributed by atoms with Gasteiger partial charge in [-0.1, -0.05) is 18.2 Å². The standard InChI is InChI=1S/C13H19NO2/c1-9-6-7-11(8-10(9)2)13(3,12(15)16)14(4)5/h6-8H,1-5H3,(H,15,16). The third-order valence-electron chi connectivity index (χ3n) is 3.38. The molecule has 0 aliphatic heterocycles. The third-order valence-corrected chi connectivity index (χ3v) is 3.38. The van der Waals surface area contributed by atoms with Gasteiger partial charge in [0.15, 0.2) is 0 Å². The summed E-state index contributed by atoms with van der Waals surface area (Å²) in [6.45, 7) is 5.74. The van der Waals surface area contributed by atoms with Crippen LogP contribution in [-0.2, 0) is 10.3 Å². The van der Waals surface area contributed by atoms with Crippen molar-refractivity contribution in [1.29, 1.82) is 0 Å². The lowest BCUT2D eigenvalue weighted by atomic mass is 9.89. The van der Waals surface area contributed by atoms with Crippen LogP contribution in [0.1, 0.15) is 23.6 Å². The van der Waals surface area contributed by atoms with Crippen molar-refractivity contribution in [2.24, 2.45) is 0 Å². The average Bonchev–Trinajstić information content (AvgIpc) is 2.20. The fourth-order valence-electron chi connectivity index (χ4n) is 1.62. The molecule has 16 heavy (non-hydrogen) atoms. The van der Waals surface area contributed by atoms with Gasteiger partial charge in [-0.3, -0.25) is 4.90 Å². The maximum Gasteiger partial charge on any atom is 0.328 e. The molecule has 0 radical (unpaired) electrons. The lowest BCUT2D eigenvalue weighted by molar-refractivity contribution is -0.149. The van der Waals surface area contributed by atoms with Crippen LogP contribution in [0.25, 0.3) is 0 Å². The predicted molar refractivity (Wildman–Crippen MR) is 64.6 cm³/mol. The van der Waals surface area contributed by atoms with Gasteiger partial charge in [-0.2, -0.15) is 0 Å². The van der Waals surface area contributed by atoms with Crippen LogP contribution in [0.4, 0.5) is 0 Å². The van der Waals surface area contributed by atoms with E-state index in [9.17, 15) is 9.90 Å². The quantitative estimate of drug-likeness (QED) is 0.850. The molecule has 3 heteroatoms. The monoisotopic (exact) mass is 221 g/mol. The first-order chi connectivity index (χ1) is 7.30. The second kappa shape index (κ2) is 4.26. The SMILES string of the molecule is Cc1ccc(C(C)(C(=O)O)N(C)C)cc1C. The topological polar surface area (TPSA) is 40.5 Å². The van der Waals surface area contributed by atoms with Gasteiger partial charge in [0.2, 0.25) is 0 Å². The molecule has 0 heterocycles. The molecule has 1 N–H and O–H groups in total. The van der Waals surface area contributed by atoms with Gasteiger partial charge in [-0.05, 0) is 51.6 Å². The molecule has 0 saturated carbocycles. The minimum Gasteiger partial charge on any atom is -0.480 e. The second-order valence-electron chi connectivity index (χ2n) is 4.57. The number of likely N-dealkylation sites (N-methyl/N-ethyl adjacent to an activating group) is 1. The van der Waals surface area contributed by atoms with E-state index in [4.69, 9.17) is 0 Å². The van der Waals surface area contributed by atoms with Crippen molar-refractivity contribution in [2.45, 2.75) is 26.3 Å². The maximum absolute atomic E-state index is 11.4. The molecule has 1 rings (SSSR count). The Morgan fingerprint density at radius 1 is 1.25 bits per heavy atom. The molecule has 0 aliphatic carbocycles. The molecular weight excluding hydrogens is 202 g/mol. The van der Waals surface area contributed by atoms with Crippen LogP contribution >= 0.6 is 0 Å². The number of aliphatic carboxylic acids is 1. The zero-order valence-corrected chi connectivity index (χ0v) is 10.5. The first-order valence-electron chi connectivity index (χ1n) is 5.28. The molecule has 0 fully saturated rings. The van der Waals surface area contributed by atoms with Crippen LogP contribution < -0.4 is 0 Å². The van der Waals surface area contributed by atoms with Crippen LogP contribution in [0.5, 0.6) is 0 Å². The molecule has 0 amide bonds. The molecule has 88 valence electrons. The number of carbonyl (C=O) groups is 1. The summed E-state index contributed by atoms with van der Waals surface area (Å²) in [5, 5.41) is 9.37. The molecule has 1 unspecified atom stereocenters. The predicted octanol–water partition coefficient (Wildman–Crippen LogP) is 2.16. The molecule has 0 aliphatic rings. The summed E-state index contributed by atoms with van der Waals surface area (Å²) in [5.74, 6) is -0.833. The van der Waals surface area contributed by atoms with Gasteiger partial charge in [0.25, 0.3) is 0 Å². The largest absolute Gasteiger partial charge is 0.480 e. The average molecular weight is 221 g/mol. The number of carboxylic acid groups (broad SMARTS) is 1. The minimum absolute atomic E-state index is 0.813. The van der Waals surface area contributed by atoms with E-state index in [0.717, 1.165) is 11.1 Å². The van der Waals surface area contributed by atoms with Crippen LogP contribution in [0.3, 0.4) is 0 Å². The van der Waals surface area contributed by atoms with Crippen molar-refractivity contribution in [3.63, 3.8) is 0 Å². The van der Waals surface area contributed by atoms with Crippen molar-refractivity contribution >= 4 is 5.97 Å².